The molecule has 1 aromatic rings. The Kier molecular flexibility index (Phi) is 3.16. The first-order valence-electron chi connectivity index (χ1n) is 3.51. The van der Waals surface area contributed by atoms with Crippen molar-refractivity contribution in [3.63, 3.8) is 0 Å². The van der Waals surface area contributed by atoms with Gasteiger partial charge in [0, 0.05) is 17.7 Å². The Labute approximate surface area is 80.7 Å². The fourth-order valence-electron chi connectivity index (χ4n) is 0.732. The second-order valence-electron chi connectivity index (χ2n) is 2.44. The van der Waals surface area contributed by atoms with E-state index in [4.69, 9.17) is 15.4 Å². The Morgan fingerprint density at radius 3 is 2.85 bits per heavy atom. The molecule has 1 aromatic heterocycles. The molecule has 0 spiro atoms. The van der Waals surface area contributed by atoms with Crippen LogP contribution in [0.2, 0.25) is 0 Å². The van der Waals surface area contributed by atoms with Crippen LogP contribution in [0.25, 0.3) is 0 Å². The van der Waals surface area contributed by atoms with Crippen molar-refractivity contribution in [2.24, 2.45) is 7.05 Å². The summed E-state index contributed by atoms with van der Waals surface area (Å²) in [7, 11) is 3.25. The molecule has 0 saturated carbocycles. The minimum atomic E-state index is -3.47. The molecule has 1 heterocycles. The van der Waals surface area contributed by atoms with E-state index in [-0.39, 0.29) is 12.4 Å². The molecule has 0 aliphatic carbocycles. The topological polar surface area (TPSA) is 61.2 Å². The van der Waals surface area contributed by atoms with Crippen LogP contribution >= 0.6 is 10.7 Å². The van der Waals surface area contributed by atoms with E-state index in [1.54, 1.807) is 17.9 Å². The quantitative estimate of drug-likeness (QED) is 0.694. The fourth-order valence-corrected chi connectivity index (χ4v) is 1.20. The second kappa shape index (κ2) is 3.97. The van der Waals surface area contributed by atoms with Gasteiger partial charge in [0.25, 0.3) is 0 Å². The molecule has 0 unspecified atom stereocenters. The van der Waals surface area contributed by atoms with Crippen LogP contribution in [0.15, 0.2) is 12.4 Å². The zero-order valence-corrected chi connectivity index (χ0v) is 8.55. The zero-order valence-electron chi connectivity index (χ0n) is 6.97. The van der Waals surface area contributed by atoms with Gasteiger partial charge in [-0.3, -0.25) is 4.68 Å². The maximum absolute atomic E-state index is 10.5. The molecule has 0 fully saturated rings. The predicted octanol–water partition coefficient (Wildman–Crippen LogP) is 0.368. The molecule has 0 saturated heterocycles. The maximum atomic E-state index is 10.5. The zero-order chi connectivity index (χ0) is 9.90. The van der Waals surface area contributed by atoms with Gasteiger partial charge in [-0.05, 0) is 0 Å². The third-order valence-electron chi connectivity index (χ3n) is 1.28. The first-order valence-corrected chi connectivity index (χ1v) is 5.99. The van der Waals surface area contributed by atoms with Gasteiger partial charge >= 0.3 is 0 Å². The summed E-state index contributed by atoms with van der Waals surface area (Å²) in [6.07, 6.45) is 3.14. The lowest BCUT2D eigenvalue weighted by atomic mass is 10.6. The predicted molar refractivity (Wildman–Crippen MR) is 48.3 cm³/mol. The molecule has 7 heteroatoms. The molecule has 74 valence electrons. The summed E-state index contributed by atoms with van der Waals surface area (Å²) in [6.45, 7) is 0.0392. The van der Waals surface area contributed by atoms with E-state index < -0.39 is 9.05 Å². The van der Waals surface area contributed by atoms with Crippen molar-refractivity contribution in [2.75, 3.05) is 12.4 Å². The van der Waals surface area contributed by atoms with Crippen molar-refractivity contribution in [2.45, 2.75) is 0 Å². The highest BCUT2D eigenvalue weighted by atomic mass is 35.7. The molecular formula is C6H9ClN2O3S. The summed E-state index contributed by atoms with van der Waals surface area (Å²) < 4.78 is 27.6. The van der Waals surface area contributed by atoms with Gasteiger partial charge in [0.05, 0.1) is 18.1 Å². The van der Waals surface area contributed by atoms with Gasteiger partial charge in [0.15, 0.2) is 5.75 Å². The number of rotatable bonds is 4. The van der Waals surface area contributed by atoms with E-state index in [0.717, 1.165) is 0 Å². The number of halogens is 1. The van der Waals surface area contributed by atoms with Gasteiger partial charge in [-0.1, -0.05) is 0 Å². The summed E-state index contributed by atoms with van der Waals surface area (Å²) in [5.41, 5.74) is 0. The van der Waals surface area contributed by atoms with E-state index >= 15 is 0 Å². The summed E-state index contributed by atoms with van der Waals surface area (Å²) in [6, 6.07) is 0. The molecule has 1 rings (SSSR count). The highest BCUT2D eigenvalue weighted by Crippen LogP contribution is 2.07. The van der Waals surface area contributed by atoms with Crippen LogP contribution in [-0.2, 0) is 16.1 Å². The average molecular weight is 225 g/mol. The number of ether oxygens (including phenoxy) is 1. The monoisotopic (exact) mass is 224 g/mol. The lowest BCUT2D eigenvalue weighted by molar-refractivity contribution is 0.341. The molecule has 0 radical (unpaired) electrons. The number of aromatic nitrogens is 2. The lowest BCUT2D eigenvalue weighted by Gasteiger charge is -1.99. The molecule has 0 bridgehead atoms. The third kappa shape index (κ3) is 4.14. The summed E-state index contributed by atoms with van der Waals surface area (Å²) >= 11 is 0. The van der Waals surface area contributed by atoms with Crippen molar-refractivity contribution >= 4 is 19.7 Å². The Hall–Kier alpha value is -0.750. The van der Waals surface area contributed by atoms with E-state index in [2.05, 4.69) is 5.10 Å². The molecule has 0 aromatic carbocycles. The SMILES string of the molecule is Cn1cc(OCCS(=O)(=O)Cl)cn1. The highest BCUT2D eigenvalue weighted by molar-refractivity contribution is 8.13. The number of hydrogen-bond acceptors (Lipinski definition) is 4. The van der Waals surface area contributed by atoms with Crippen molar-refractivity contribution in [1.29, 1.82) is 0 Å². The number of aryl methyl sites for hydroxylation is 1. The van der Waals surface area contributed by atoms with Crippen molar-refractivity contribution in [3.05, 3.63) is 12.4 Å². The van der Waals surface area contributed by atoms with Crippen LogP contribution in [-0.4, -0.2) is 30.6 Å². The Morgan fingerprint density at radius 1 is 1.69 bits per heavy atom. The normalized spacial score (nSPS) is 11.5. The average Bonchev–Trinajstić information content (AvgIpc) is 2.33. The van der Waals surface area contributed by atoms with Crippen LogP contribution < -0.4 is 4.74 Å². The van der Waals surface area contributed by atoms with Gasteiger partial charge in [-0.25, -0.2) is 8.42 Å². The summed E-state index contributed by atoms with van der Waals surface area (Å²) in [5, 5.41) is 3.84. The molecule has 5 nitrogen and oxygen atoms in total. The first kappa shape index (κ1) is 10.3. The molecule has 0 amide bonds. The Bertz CT molecular complexity index is 373. The van der Waals surface area contributed by atoms with Gasteiger partial charge < -0.3 is 4.74 Å². The van der Waals surface area contributed by atoms with Crippen LogP contribution in [0.3, 0.4) is 0 Å². The van der Waals surface area contributed by atoms with Gasteiger partial charge in [-0.2, -0.15) is 5.10 Å². The van der Waals surface area contributed by atoms with E-state index in [0.29, 0.717) is 5.75 Å². The third-order valence-corrected chi connectivity index (χ3v) is 2.39. The molecule has 0 N–H and O–H groups in total. The molecule has 0 atom stereocenters. The fraction of sp³-hybridized carbons (Fsp3) is 0.500. The highest BCUT2D eigenvalue weighted by Gasteiger charge is 2.05. The lowest BCUT2D eigenvalue weighted by Crippen LogP contribution is -2.08. The molecule has 0 aliphatic heterocycles. The Balaban J connectivity index is 2.36. The van der Waals surface area contributed by atoms with Crippen molar-refractivity contribution in [1.82, 2.24) is 9.78 Å². The van der Waals surface area contributed by atoms with Crippen LogP contribution in [0.1, 0.15) is 0 Å². The van der Waals surface area contributed by atoms with Crippen molar-refractivity contribution < 1.29 is 13.2 Å². The van der Waals surface area contributed by atoms with Gasteiger partial charge in [0.1, 0.15) is 6.61 Å². The minimum absolute atomic E-state index is 0.0392. The molecule has 0 aliphatic rings. The van der Waals surface area contributed by atoms with Crippen LogP contribution in [0.5, 0.6) is 5.75 Å². The largest absolute Gasteiger partial charge is 0.489 e. The Morgan fingerprint density at radius 2 is 2.38 bits per heavy atom. The molecule has 13 heavy (non-hydrogen) atoms. The first-order chi connectivity index (χ1) is 5.97. The van der Waals surface area contributed by atoms with Gasteiger partial charge in [0.2, 0.25) is 9.05 Å². The van der Waals surface area contributed by atoms with E-state index in [1.165, 1.54) is 6.20 Å². The maximum Gasteiger partial charge on any atom is 0.235 e. The van der Waals surface area contributed by atoms with E-state index in [9.17, 15) is 8.42 Å². The smallest absolute Gasteiger partial charge is 0.235 e. The summed E-state index contributed by atoms with van der Waals surface area (Å²) in [5.74, 6) is 0.325. The summed E-state index contributed by atoms with van der Waals surface area (Å²) in [4.78, 5) is 0. The van der Waals surface area contributed by atoms with Crippen LogP contribution in [0.4, 0.5) is 0 Å². The van der Waals surface area contributed by atoms with Crippen molar-refractivity contribution in [3.8, 4) is 5.75 Å². The second-order valence-corrected chi connectivity index (χ2v) is 5.34. The number of nitrogens with zero attached hydrogens (tertiary/aromatic N) is 2. The standard InChI is InChI=1S/C6H9ClN2O3S/c1-9-5-6(4-8-9)12-2-3-13(7,10)11/h4-5H,2-3H2,1H3. The minimum Gasteiger partial charge on any atom is -0.489 e. The van der Waals surface area contributed by atoms with Crippen LogP contribution in [0, 0.1) is 0 Å². The molecular weight excluding hydrogens is 216 g/mol. The number of hydrogen-bond donors (Lipinski definition) is 0. The van der Waals surface area contributed by atoms with Gasteiger partial charge in [-0.15, -0.1) is 0 Å². The van der Waals surface area contributed by atoms with E-state index in [1.807, 2.05) is 0 Å².